The summed E-state index contributed by atoms with van der Waals surface area (Å²) in [7, 11) is 1.58. The van der Waals surface area contributed by atoms with Crippen LogP contribution in [0.2, 0.25) is 0 Å². The summed E-state index contributed by atoms with van der Waals surface area (Å²) in [5.74, 6) is -0.408. The van der Waals surface area contributed by atoms with Crippen molar-refractivity contribution in [2.24, 2.45) is 0 Å². The number of methoxy groups -OCH3 is 1. The molecule has 2 N–H and O–H groups in total. The normalized spacial score (nSPS) is 16.7. The van der Waals surface area contributed by atoms with Gasteiger partial charge in [-0.25, -0.2) is 4.39 Å². The molecule has 1 saturated heterocycles. The van der Waals surface area contributed by atoms with E-state index in [9.17, 15) is 19.4 Å². The van der Waals surface area contributed by atoms with Gasteiger partial charge in [0.2, 0.25) is 0 Å². The minimum atomic E-state index is -0.497. The van der Waals surface area contributed by atoms with Gasteiger partial charge in [0.1, 0.15) is 11.6 Å². The highest BCUT2D eigenvalue weighted by Gasteiger charge is 2.31. The van der Waals surface area contributed by atoms with Gasteiger partial charge in [-0.15, -0.1) is 0 Å². The lowest BCUT2D eigenvalue weighted by Crippen LogP contribution is -2.49. The number of aromatic hydroxyl groups is 1. The molecule has 30 heavy (non-hydrogen) atoms. The van der Waals surface area contributed by atoms with Gasteiger partial charge in [-0.1, -0.05) is 12.1 Å². The van der Waals surface area contributed by atoms with Crippen molar-refractivity contribution >= 4 is 0 Å². The first kappa shape index (κ1) is 22.4. The second-order valence-corrected chi connectivity index (χ2v) is 7.59. The quantitative estimate of drug-likeness (QED) is 0.673. The number of ether oxygens (including phenoxy) is 1. The molecule has 1 fully saturated rings. The van der Waals surface area contributed by atoms with Crippen molar-refractivity contribution in [2.45, 2.75) is 19.5 Å². The molecule has 0 saturated carbocycles. The summed E-state index contributed by atoms with van der Waals surface area (Å²) in [5, 5.41) is 20.0. The summed E-state index contributed by atoms with van der Waals surface area (Å²) in [6.45, 7) is 6.05. The highest BCUT2D eigenvalue weighted by molar-refractivity contribution is 5.41. The Morgan fingerprint density at radius 3 is 2.40 bits per heavy atom. The Morgan fingerprint density at radius 1 is 1.13 bits per heavy atom. The van der Waals surface area contributed by atoms with Gasteiger partial charge in [0, 0.05) is 52.1 Å². The zero-order chi connectivity index (χ0) is 21.7. The zero-order valence-corrected chi connectivity index (χ0v) is 17.6. The van der Waals surface area contributed by atoms with Gasteiger partial charge in [-0.05, 0) is 30.7 Å². The van der Waals surface area contributed by atoms with E-state index in [1.54, 1.807) is 36.8 Å². The minimum Gasteiger partial charge on any atom is -0.507 e. The lowest BCUT2D eigenvalue weighted by atomic mass is 9.96. The van der Waals surface area contributed by atoms with E-state index >= 15 is 0 Å². The third-order valence-corrected chi connectivity index (χ3v) is 5.69. The maximum Gasteiger partial charge on any atom is 0.259 e. The van der Waals surface area contributed by atoms with Crippen molar-refractivity contribution < 1.29 is 19.3 Å². The fourth-order valence-electron chi connectivity index (χ4n) is 4.08. The summed E-state index contributed by atoms with van der Waals surface area (Å²) in [5.41, 5.74) is 1.43. The molecule has 0 bridgehead atoms. The summed E-state index contributed by atoms with van der Waals surface area (Å²) in [6, 6.07) is 7.18. The molecule has 0 unspecified atom stereocenters. The van der Waals surface area contributed by atoms with Crippen LogP contribution in [0, 0.1) is 12.7 Å². The van der Waals surface area contributed by atoms with E-state index < -0.39 is 6.04 Å². The smallest absolute Gasteiger partial charge is 0.259 e. The number of aliphatic hydroxyl groups is 1. The molecule has 1 aromatic carbocycles. The largest absolute Gasteiger partial charge is 0.507 e. The van der Waals surface area contributed by atoms with Gasteiger partial charge in [0.25, 0.3) is 5.56 Å². The Kier molecular flexibility index (Phi) is 7.60. The Balaban J connectivity index is 2.05. The molecule has 2 aromatic rings. The molecule has 8 heteroatoms. The summed E-state index contributed by atoms with van der Waals surface area (Å²) >= 11 is 0. The standard InChI is InChI=1S/C22H30FN3O4/c1-16-15-19(28)20(22(29)26(16)12-14-30-2)21(17-3-5-18(23)6-4-17)25-9-7-24(8-10-25)11-13-27/h3-6,15,21,27-28H,7-14H2,1-2H3/t21-/m0/s1. The minimum absolute atomic E-state index is 0.0571. The van der Waals surface area contributed by atoms with E-state index in [0.717, 1.165) is 18.7 Å². The molecular formula is C22H30FN3O4. The van der Waals surface area contributed by atoms with Crippen molar-refractivity contribution in [1.82, 2.24) is 14.4 Å². The zero-order valence-electron chi connectivity index (χ0n) is 17.6. The van der Waals surface area contributed by atoms with E-state index in [4.69, 9.17) is 4.74 Å². The van der Waals surface area contributed by atoms with Crippen molar-refractivity contribution in [3.05, 3.63) is 63.3 Å². The lowest BCUT2D eigenvalue weighted by molar-refractivity contribution is 0.0931. The predicted octanol–water partition coefficient (Wildman–Crippen LogP) is 1.35. The molecule has 2 heterocycles. The number of nitrogens with zero attached hydrogens (tertiary/aromatic N) is 3. The maximum absolute atomic E-state index is 13.6. The number of halogens is 1. The number of β-amino-alcohol motifs (C(OH)–C–C–N with tert-alkyl or cyclic N) is 1. The maximum atomic E-state index is 13.6. The number of piperazine rings is 1. The van der Waals surface area contributed by atoms with Gasteiger partial charge in [-0.3, -0.25) is 14.6 Å². The Morgan fingerprint density at radius 2 is 1.80 bits per heavy atom. The third kappa shape index (κ3) is 4.89. The average Bonchev–Trinajstić information content (AvgIpc) is 2.73. The number of hydrogen-bond acceptors (Lipinski definition) is 6. The lowest BCUT2D eigenvalue weighted by Gasteiger charge is -2.39. The van der Waals surface area contributed by atoms with Crippen molar-refractivity contribution in [3.8, 4) is 5.75 Å². The van der Waals surface area contributed by atoms with Gasteiger partial charge < -0.3 is 19.5 Å². The SMILES string of the molecule is COCCn1c(C)cc(O)c([C@H](c2ccc(F)cc2)N2CCN(CCO)CC2)c1=O. The topological polar surface area (TPSA) is 78.2 Å². The molecule has 1 aliphatic heterocycles. The van der Waals surface area contributed by atoms with E-state index in [0.29, 0.717) is 44.0 Å². The number of aryl methyl sites for hydroxylation is 1. The molecule has 0 radical (unpaired) electrons. The second-order valence-electron chi connectivity index (χ2n) is 7.59. The van der Waals surface area contributed by atoms with Crippen molar-refractivity contribution in [2.75, 3.05) is 53.0 Å². The Bertz CT molecular complexity index is 892. The van der Waals surface area contributed by atoms with E-state index in [2.05, 4.69) is 9.80 Å². The monoisotopic (exact) mass is 419 g/mol. The van der Waals surface area contributed by atoms with Crippen LogP contribution in [0.5, 0.6) is 5.75 Å². The highest BCUT2D eigenvalue weighted by Crippen LogP contribution is 2.33. The fourth-order valence-corrected chi connectivity index (χ4v) is 4.08. The number of hydrogen-bond donors (Lipinski definition) is 2. The van der Waals surface area contributed by atoms with E-state index in [1.165, 1.54) is 12.1 Å². The van der Waals surface area contributed by atoms with Gasteiger partial charge >= 0.3 is 0 Å². The fraction of sp³-hybridized carbons (Fsp3) is 0.500. The van der Waals surface area contributed by atoms with Crippen LogP contribution in [-0.4, -0.2) is 77.6 Å². The first-order valence-electron chi connectivity index (χ1n) is 10.2. The first-order chi connectivity index (χ1) is 14.5. The number of aliphatic hydroxyl groups excluding tert-OH is 1. The summed E-state index contributed by atoms with van der Waals surface area (Å²) < 4.78 is 20.3. The molecule has 3 rings (SSSR count). The van der Waals surface area contributed by atoms with Crippen LogP contribution >= 0.6 is 0 Å². The molecule has 0 aliphatic carbocycles. The van der Waals surface area contributed by atoms with Crippen LogP contribution in [0.1, 0.15) is 22.9 Å². The summed E-state index contributed by atoms with van der Waals surface area (Å²) in [6.07, 6.45) is 0. The predicted molar refractivity (Wildman–Crippen MR) is 112 cm³/mol. The third-order valence-electron chi connectivity index (χ3n) is 5.69. The van der Waals surface area contributed by atoms with Gasteiger partial charge in [0.15, 0.2) is 0 Å². The number of benzene rings is 1. The number of rotatable bonds is 8. The van der Waals surface area contributed by atoms with Crippen LogP contribution in [0.15, 0.2) is 35.1 Å². The van der Waals surface area contributed by atoms with Gasteiger partial charge in [0.05, 0.1) is 24.8 Å². The molecular weight excluding hydrogens is 389 g/mol. The van der Waals surface area contributed by atoms with E-state index in [-0.39, 0.29) is 23.7 Å². The molecule has 1 aliphatic rings. The van der Waals surface area contributed by atoms with Crippen molar-refractivity contribution in [3.63, 3.8) is 0 Å². The summed E-state index contributed by atoms with van der Waals surface area (Å²) in [4.78, 5) is 17.7. The number of aromatic nitrogens is 1. The van der Waals surface area contributed by atoms with Gasteiger partial charge in [-0.2, -0.15) is 0 Å². The van der Waals surface area contributed by atoms with Crippen LogP contribution < -0.4 is 5.56 Å². The first-order valence-corrected chi connectivity index (χ1v) is 10.2. The average molecular weight is 419 g/mol. The molecule has 0 spiro atoms. The van der Waals surface area contributed by atoms with Crippen LogP contribution in [0.3, 0.4) is 0 Å². The molecule has 1 atom stereocenters. The van der Waals surface area contributed by atoms with E-state index in [1.807, 2.05) is 0 Å². The molecule has 1 aromatic heterocycles. The van der Waals surface area contributed by atoms with Crippen molar-refractivity contribution in [1.29, 1.82) is 0 Å². The van der Waals surface area contributed by atoms with Crippen LogP contribution in [-0.2, 0) is 11.3 Å². The Hall–Kier alpha value is -2.26. The highest BCUT2D eigenvalue weighted by atomic mass is 19.1. The molecule has 164 valence electrons. The van der Waals surface area contributed by atoms with Crippen LogP contribution in [0.25, 0.3) is 0 Å². The Labute approximate surface area is 175 Å². The second kappa shape index (κ2) is 10.2. The van der Waals surface area contributed by atoms with Crippen LogP contribution in [0.4, 0.5) is 4.39 Å². The molecule has 7 nitrogen and oxygen atoms in total. The molecule has 0 amide bonds. The number of pyridine rings is 1.